The molecule has 1 saturated heterocycles. The molecule has 0 amide bonds. The Labute approximate surface area is 181 Å². The molecule has 0 unspecified atom stereocenters. The van der Waals surface area contributed by atoms with Gasteiger partial charge in [-0.25, -0.2) is 4.39 Å². The minimum atomic E-state index is -1.26. The molecule has 4 fully saturated rings. The van der Waals surface area contributed by atoms with Gasteiger partial charge in [0.1, 0.15) is 0 Å². The summed E-state index contributed by atoms with van der Waals surface area (Å²) >= 11 is 0. The van der Waals surface area contributed by atoms with Crippen LogP contribution in [0.15, 0.2) is 34.5 Å². The van der Waals surface area contributed by atoms with E-state index < -0.39 is 35.9 Å². The van der Waals surface area contributed by atoms with Gasteiger partial charge in [-0.3, -0.25) is 9.59 Å². The average Bonchev–Trinajstić information content (AvgIpc) is 3.47. The fraction of sp³-hybridized carbons (Fsp3) is 0.680. The molecule has 0 N–H and O–H groups in total. The van der Waals surface area contributed by atoms with Gasteiger partial charge < -0.3 is 13.9 Å². The number of hydrogen-bond donors (Lipinski definition) is 0. The first-order chi connectivity index (χ1) is 15.0. The first-order valence-electron chi connectivity index (χ1n) is 11.7. The summed E-state index contributed by atoms with van der Waals surface area (Å²) in [5.74, 6) is 2.01. The van der Waals surface area contributed by atoms with Crippen LogP contribution in [0.2, 0.25) is 0 Å². The summed E-state index contributed by atoms with van der Waals surface area (Å²) in [6.45, 7) is 1.09. The molecule has 1 aromatic rings. The van der Waals surface area contributed by atoms with Gasteiger partial charge in [0.2, 0.25) is 6.29 Å². The number of carbonyl (C=O) groups is 2. The van der Waals surface area contributed by atoms with Gasteiger partial charge in [-0.05, 0) is 80.4 Å². The summed E-state index contributed by atoms with van der Waals surface area (Å²) in [6, 6.07) is 3.53. The molecule has 6 rings (SSSR count). The third kappa shape index (κ3) is 2.55. The minimum Gasteiger partial charge on any atom is -0.464 e. The van der Waals surface area contributed by atoms with Gasteiger partial charge in [0, 0.05) is 11.8 Å². The van der Waals surface area contributed by atoms with Crippen molar-refractivity contribution in [3.05, 3.63) is 35.8 Å². The molecule has 1 aliphatic heterocycles. The lowest BCUT2D eigenvalue weighted by Crippen LogP contribution is -2.59. The Hall–Kier alpha value is -1.79. The molecule has 0 aromatic carbocycles. The van der Waals surface area contributed by atoms with Crippen LogP contribution in [0.1, 0.15) is 63.9 Å². The molecule has 5 nitrogen and oxygen atoms in total. The first kappa shape index (κ1) is 19.9. The lowest BCUT2D eigenvalue weighted by molar-refractivity contribution is -0.187. The zero-order chi connectivity index (χ0) is 21.4. The first-order valence-corrected chi connectivity index (χ1v) is 11.7. The highest BCUT2D eigenvalue weighted by atomic mass is 18.2. The summed E-state index contributed by atoms with van der Waals surface area (Å²) in [6.07, 6.45) is 8.30. The van der Waals surface area contributed by atoms with Crippen LogP contribution in [-0.2, 0) is 19.1 Å². The van der Waals surface area contributed by atoms with Crippen molar-refractivity contribution in [3.63, 3.8) is 0 Å². The predicted octanol–water partition coefficient (Wildman–Crippen LogP) is 4.72. The highest BCUT2D eigenvalue weighted by Gasteiger charge is 2.74. The van der Waals surface area contributed by atoms with Crippen LogP contribution < -0.4 is 0 Å². The maximum atomic E-state index is 13.9. The molecule has 166 valence electrons. The molecule has 31 heavy (non-hydrogen) atoms. The molecule has 0 spiro atoms. The van der Waals surface area contributed by atoms with Crippen molar-refractivity contribution >= 4 is 11.6 Å². The smallest absolute Gasteiger partial charge is 0.218 e. The minimum absolute atomic E-state index is 0.253. The second-order valence-corrected chi connectivity index (χ2v) is 10.4. The predicted molar refractivity (Wildman–Crippen MR) is 109 cm³/mol. The third-order valence-corrected chi connectivity index (χ3v) is 9.35. The van der Waals surface area contributed by atoms with Gasteiger partial charge in [0.15, 0.2) is 29.6 Å². The summed E-state index contributed by atoms with van der Waals surface area (Å²) in [7, 11) is 0. The maximum Gasteiger partial charge on any atom is 0.218 e. The molecule has 0 bridgehead atoms. The number of fused-ring (bicyclic) bond motifs is 7. The fourth-order valence-electron chi connectivity index (χ4n) is 8.08. The number of rotatable bonds is 3. The number of carbonyl (C=O) groups excluding carboxylic acids is 2. The van der Waals surface area contributed by atoms with Crippen molar-refractivity contribution in [1.29, 1.82) is 0 Å². The monoisotopic (exact) mass is 427 g/mol. The van der Waals surface area contributed by atoms with Crippen LogP contribution in [0.25, 0.3) is 0 Å². The Morgan fingerprint density at radius 1 is 1.23 bits per heavy atom. The SMILES string of the molecule is C[C@]12CC[C@H]3[C@@H](CCC4=CC(=O)CC[C@@H]43)[C@@H]1C[C@H]1O[C@H](c3ccco3)O[C@]12C(=O)C[18F]. The highest BCUT2D eigenvalue weighted by Crippen LogP contribution is 2.69. The highest BCUT2D eigenvalue weighted by molar-refractivity contribution is 5.92. The summed E-state index contributed by atoms with van der Waals surface area (Å²) in [4.78, 5) is 25.1. The summed E-state index contributed by atoms with van der Waals surface area (Å²) < 4.78 is 32.0. The molecule has 6 heteroatoms. The lowest BCUT2D eigenvalue weighted by Gasteiger charge is -2.55. The van der Waals surface area contributed by atoms with Crippen LogP contribution in [0.3, 0.4) is 0 Å². The van der Waals surface area contributed by atoms with Gasteiger partial charge in [0.25, 0.3) is 0 Å². The lowest BCUT2D eigenvalue weighted by atomic mass is 9.50. The van der Waals surface area contributed by atoms with Gasteiger partial charge >= 0.3 is 0 Å². The van der Waals surface area contributed by atoms with E-state index in [4.69, 9.17) is 13.9 Å². The molecule has 2 heterocycles. The Morgan fingerprint density at radius 2 is 2.10 bits per heavy atom. The Balaban J connectivity index is 1.35. The van der Waals surface area contributed by atoms with E-state index in [0.717, 1.165) is 32.1 Å². The van der Waals surface area contributed by atoms with E-state index >= 15 is 0 Å². The normalized spacial score (nSPS) is 46.0. The molecule has 1 aromatic heterocycles. The van der Waals surface area contributed by atoms with Crippen molar-refractivity contribution in [2.45, 2.75) is 69.9 Å². The number of ether oxygens (including phenoxy) is 2. The van der Waals surface area contributed by atoms with E-state index in [9.17, 15) is 14.0 Å². The average molecular weight is 428 g/mol. The van der Waals surface area contributed by atoms with E-state index in [1.807, 2.05) is 6.08 Å². The second-order valence-electron chi connectivity index (χ2n) is 10.4. The van der Waals surface area contributed by atoms with Crippen molar-refractivity contribution in [1.82, 2.24) is 0 Å². The Morgan fingerprint density at radius 3 is 2.87 bits per heavy atom. The summed E-state index contributed by atoms with van der Waals surface area (Å²) in [5.41, 5.74) is -0.387. The van der Waals surface area contributed by atoms with E-state index in [0.29, 0.717) is 36.4 Å². The van der Waals surface area contributed by atoms with Crippen LogP contribution >= 0.6 is 0 Å². The number of allylic oxidation sites excluding steroid dienone is 1. The maximum absolute atomic E-state index is 13.9. The number of halogens is 1. The number of hydrogen-bond acceptors (Lipinski definition) is 5. The van der Waals surface area contributed by atoms with Gasteiger partial charge in [0.05, 0.1) is 12.4 Å². The Bertz CT molecular complexity index is 938. The number of alkyl halides is 1. The van der Waals surface area contributed by atoms with Crippen LogP contribution in [0, 0.1) is 29.1 Å². The molecular weight excluding hydrogens is 398 g/mol. The topological polar surface area (TPSA) is 65.7 Å². The van der Waals surface area contributed by atoms with Crippen LogP contribution in [0.4, 0.5) is 4.39 Å². The standard InChI is InChI=1S/C25H29FO5/c1-24-9-8-17-16-7-5-15(27)11-14(16)4-6-18(17)19(24)12-22-25(24,21(28)13-26)31-23(30-22)20-3-2-10-29-20/h2-3,10-11,16-19,22-23H,4-9,12-13H2,1H3/t16-,17+,18+,19-,22+,23-,24-,25+/m0/s1/i26-1. The van der Waals surface area contributed by atoms with E-state index in [-0.39, 0.29) is 11.7 Å². The largest absolute Gasteiger partial charge is 0.464 e. The molecule has 8 atom stereocenters. The fourth-order valence-corrected chi connectivity index (χ4v) is 8.08. The zero-order valence-electron chi connectivity index (χ0n) is 17.8. The molecule has 0 radical (unpaired) electrons. The van der Waals surface area contributed by atoms with Crippen LogP contribution in [0.5, 0.6) is 0 Å². The van der Waals surface area contributed by atoms with E-state index in [1.54, 1.807) is 18.4 Å². The van der Waals surface area contributed by atoms with Gasteiger partial charge in [-0.2, -0.15) is 0 Å². The molecule has 4 aliphatic carbocycles. The van der Waals surface area contributed by atoms with Gasteiger partial charge in [-0.15, -0.1) is 0 Å². The second kappa shape index (κ2) is 6.85. The molecular formula is C25H29FO5. The Kier molecular flexibility index (Phi) is 4.39. The number of furan rings is 1. The summed E-state index contributed by atoms with van der Waals surface area (Å²) in [5, 5.41) is 0. The molecule has 3 saturated carbocycles. The van der Waals surface area contributed by atoms with E-state index in [2.05, 4.69) is 6.92 Å². The number of ketones is 2. The van der Waals surface area contributed by atoms with Crippen molar-refractivity contribution in [2.75, 3.05) is 6.67 Å². The quantitative estimate of drug-likeness (QED) is 0.698. The van der Waals surface area contributed by atoms with E-state index in [1.165, 1.54) is 5.57 Å². The van der Waals surface area contributed by atoms with Gasteiger partial charge in [-0.1, -0.05) is 12.5 Å². The number of Topliss-reactive ketones (excluding diaryl/α,β-unsaturated/α-hetero) is 1. The zero-order valence-corrected chi connectivity index (χ0v) is 17.8. The molecule has 5 aliphatic rings. The van der Waals surface area contributed by atoms with Crippen molar-refractivity contribution in [2.24, 2.45) is 29.1 Å². The van der Waals surface area contributed by atoms with Crippen LogP contribution in [-0.4, -0.2) is 29.9 Å². The van der Waals surface area contributed by atoms with Crippen molar-refractivity contribution in [3.8, 4) is 0 Å². The third-order valence-electron chi connectivity index (χ3n) is 9.35. The van der Waals surface area contributed by atoms with Crippen molar-refractivity contribution < 1.29 is 27.9 Å².